The number of hydrogen-bond acceptors (Lipinski definition) is 4. The van der Waals surface area contributed by atoms with Gasteiger partial charge >= 0.3 is 29.6 Å². The second kappa shape index (κ2) is 4.63. The van der Waals surface area contributed by atoms with Crippen LogP contribution in [0.15, 0.2) is 17.0 Å². The fourth-order valence-electron chi connectivity index (χ4n) is 1.06. The van der Waals surface area contributed by atoms with E-state index in [1.807, 2.05) is 0 Å². The van der Waals surface area contributed by atoms with E-state index in [9.17, 15) is 18.1 Å². The smallest absolute Gasteiger partial charge is 0.744 e. The van der Waals surface area contributed by atoms with Gasteiger partial charge in [0.1, 0.15) is 15.9 Å². The van der Waals surface area contributed by atoms with E-state index in [4.69, 9.17) is 0 Å². The molecule has 0 radical (unpaired) electrons. The molecular weight excluding hydrogens is 215 g/mol. The first-order chi connectivity index (χ1) is 5.82. The van der Waals surface area contributed by atoms with Crippen LogP contribution < -0.4 is 29.6 Å². The van der Waals surface area contributed by atoms with Gasteiger partial charge in [0.15, 0.2) is 0 Å². The molecular formula is C8H9NaO4S. The van der Waals surface area contributed by atoms with Gasteiger partial charge in [0, 0.05) is 0 Å². The number of hydrogen-bond donors (Lipinski definition) is 1. The van der Waals surface area contributed by atoms with Crippen molar-refractivity contribution in [3.8, 4) is 5.75 Å². The zero-order chi connectivity index (χ0) is 10.2. The van der Waals surface area contributed by atoms with E-state index < -0.39 is 10.1 Å². The summed E-state index contributed by atoms with van der Waals surface area (Å²) in [5.41, 5.74) is 0.767. The summed E-state index contributed by atoms with van der Waals surface area (Å²) in [7, 11) is -4.43. The number of benzene rings is 1. The van der Waals surface area contributed by atoms with Crippen LogP contribution >= 0.6 is 0 Å². The molecule has 0 atom stereocenters. The maximum atomic E-state index is 10.6. The van der Waals surface area contributed by atoms with E-state index in [0.717, 1.165) is 12.1 Å². The van der Waals surface area contributed by atoms with Gasteiger partial charge in [0.25, 0.3) is 0 Å². The molecule has 0 aromatic heterocycles. The molecule has 1 rings (SSSR count). The molecule has 0 saturated carbocycles. The molecule has 1 N–H and O–H groups in total. The van der Waals surface area contributed by atoms with Gasteiger partial charge in [-0.1, -0.05) is 0 Å². The molecule has 72 valence electrons. The summed E-state index contributed by atoms with van der Waals surface area (Å²) in [4.78, 5) is -0.305. The van der Waals surface area contributed by atoms with Crippen LogP contribution in [0.3, 0.4) is 0 Å². The normalized spacial score (nSPS) is 10.8. The summed E-state index contributed by atoms with van der Waals surface area (Å²) >= 11 is 0. The van der Waals surface area contributed by atoms with Crippen molar-refractivity contribution < 1.29 is 47.6 Å². The van der Waals surface area contributed by atoms with E-state index in [1.165, 1.54) is 13.8 Å². The summed E-state index contributed by atoms with van der Waals surface area (Å²) in [6.45, 7) is 3.08. The summed E-state index contributed by atoms with van der Waals surface area (Å²) in [5, 5.41) is 9.30. The van der Waals surface area contributed by atoms with Crippen LogP contribution in [-0.2, 0) is 10.1 Å². The molecule has 1 aromatic rings. The van der Waals surface area contributed by atoms with Crippen LogP contribution in [0.25, 0.3) is 0 Å². The first-order valence-electron chi connectivity index (χ1n) is 3.58. The van der Waals surface area contributed by atoms with E-state index in [2.05, 4.69) is 0 Å². The standard InChI is InChI=1S/C8H10O4S.Na/c1-5-3-7(13(10,11)12)4-6(2)8(5)9;/h3-4,9H,1-2H3,(H,10,11,12);/q;+1/p-1. The quantitative estimate of drug-likeness (QED) is 0.438. The SMILES string of the molecule is Cc1cc(S(=O)(=O)[O-])cc(C)c1O.[Na+]. The number of aromatic hydroxyl groups is 1. The predicted octanol–water partition coefficient (Wildman–Crippen LogP) is -2.08. The van der Waals surface area contributed by atoms with Crippen molar-refractivity contribution in [2.24, 2.45) is 0 Å². The van der Waals surface area contributed by atoms with Gasteiger partial charge in [-0.3, -0.25) is 0 Å². The van der Waals surface area contributed by atoms with Crippen molar-refractivity contribution in [3.05, 3.63) is 23.3 Å². The summed E-state index contributed by atoms with van der Waals surface area (Å²) < 4.78 is 31.8. The zero-order valence-corrected chi connectivity index (χ0v) is 11.1. The number of phenols is 1. The van der Waals surface area contributed by atoms with Crippen LogP contribution in [0.1, 0.15) is 11.1 Å². The fraction of sp³-hybridized carbons (Fsp3) is 0.250. The predicted molar refractivity (Wildman–Crippen MR) is 45.5 cm³/mol. The molecule has 0 amide bonds. The third-order valence-electron chi connectivity index (χ3n) is 1.75. The van der Waals surface area contributed by atoms with Crippen LogP contribution in [0.2, 0.25) is 0 Å². The summed E-state index contributed by atoms with van der Waals surface area (Å²) in [5.74, 6) is 0.0207. The largest absolute Gasteiger partial charge is 1.00 e. The van der Waals surface area contributed by atoms with Gasteiger partial charge in [0.05, 0.1) is 4.90 Å². The number of aryl methyl sites for hydroxylation is 2. The molecule has 0 heterocycles. The van der Waals surface area contributed by atoms with Crippen molar-refractivity contribution in [2.75, 3.05) is 0 Å². The minimum Gasteiger partial charge on any atom is -0.744 e. The minimum atomic E-state index is -4.43. The Labute approximate surface area is 105 Å². The third kappa shape index (κ3) is 2.96. The molecule has 1 aromatic carbocycles. The van der Waals surface area contributed by atoms with Gasteiger partial charge in [-0.2, -0.15) is 0 Å². The van der Waals surface area contributed by atoms with Crippen LogP contribution in [0.4, 0.5) is 0 Å². The average molecular weight is 224 g/mol. The number of rotatable bonds is 1. The molecule has 0 fully saturated rings. The Morgan fingerprint density at radius 1 is 1.21 bits per heavy atom. The first-order valence-corrected chi connectivity index (χ1v) is 4.99. The van der Waals surface area contributed by atoms with Crippen molar-refractivity contribution in [2.45, 2.75) is 18.7 Å². The molecule has 0 aliphatic heterocycles. The zero-order valence-electron chi connectivity index (χ0n) is 8.23. The molecule has 0 unspecified atom stereocenters. The maximum Gasteiger partial charge on any atom is 1.00 e. The minimum absolute atomic E-state index is 0. The molecule has 4 nitrogen and oxygen atoms in total. The summed E-state index contributed by atoms with van der Waals surface area (Å²) in [6.07, 6.45) is 0. The van der Waals surface area contributed by atoms with Crippen LogP contribution in [-0.4, -0.2) is 18.1 Å². The molecule has 6 heteroatoms. The Bertz CT molecular complexity index is 416. The van der Waals surface area contributed by atoms with Gasteiger partial charge < -0.3 is 9.66 Å². The monoisotopic (exact) mass is 224 g/mol. The van der Waals surface area contributed by atoms with E-state index in [1.54, 1.807) is 0 Å². The summed E-state index contributed by atoms with van der Waals surface area (Å²) in [6, 6.07) is 2.31. The maximum absolute atomic E-state index is 10.6. The van der Waals surface area contributed by atoms with Gasteiger partial charge in [-0.15, -0.1) is 0 Å². The number of phenolic OH excluding ortho intramolecular Hbond substituents is 1. The molecule has 14 heavy (non-hydrogen) atoms. The Hall–Kier alpha value is -0.0700. The average Bonchev–Trinajstić information content (AvgIpc) is 1.97. The molecule has 0 spiro atoms. The fourth-order valence-corrected chi connectivity index (χ4v) is 1.70. The molecule has 0 bridgehead atoms. The van der Waals surface area contributed by atoms with Crippen LogP contribution in [0.5, 0.6) is 5.75 Å². The van der Waals surface area contributed by atoms with Crippen molar-refractivity contribution >= 4 is 10.1 Å². The van der Waals surface area contributed by atoms with Crippen LogP contribution in [0, 0.1) is 13.8 Å². The van der Waals surface area contributed by atoms with Gasteiger partial charge in [0.2, 0.25) is 0 Å². The van der Waals surface area contributed by atoms with Gasteiger partial charge in [-0.05, 0) is 37.1 Å². The molecule has 0 saturated heterocycles. The van der Waals surface area contributed by atoms with Crippen molar-refractivity contribution in [1.82, 2.24) is 0 Å². The Morgan fingerprint density at radius 2 is 1.57 bits per heavy atom. The van der Waals surface area contributed by atoms with Crippen molar-refractivity contribution in [1.29, 1.82) is 0 Å². The van der Waals surface area contributed by atoms with Crippen molar-refractivity contribution in [3.63, 3.8) is 0 Å². The Kier molecular flexibility index (Phi) is 4.61. The van der Waals surface area contributed by atoms with E-state index in [0.29, 0.717) is 11.1 Å². The molecule has 0 aliphatic carbocycles. The Balaban J connectivity index is 0.00000169. The van der Waals surface area contributed by atoms with E-state index >= 15 is 0 Å². The van der Waals surface area contributed by atoms with E-state index in [-0.39, 0.29) is 40.2 Å². The topological polar surface area (TPSA) is 77.4 Å². The Morgan fingerprint density at radius 3 is 1.86 bits per heavy atom. The first kappa shape index (κ1) is 13.9. The third-order valence-corrected chi connectivity index (χ3v) is 2.57. The second-order valence-electron chi connectivity index (χ2n) is 2.86. The second-order valence-corrected chi connectivity index (χ2v) is 4.24. The van der Waals surface area contributed by atoms with Gasteiger partial charge in [-0.25, -0.2) is 8.42 Å². The molecule has 0 aliphatic rings.